The van der Waals surface area contributed by atoms with Gasteiger partial charge < -0.3 is 9.32 Å². The van der Waals surface area contributed by atoms with Crippen LogP contribution >= 0.6 is 0 Å². The lowest BCUT2D eigenvalue weighted by Gasteiger charge is -2.19. The van der Waals surface area contributed by atoms with Crippen molar-refractivity contribution in [3.05, 3.63) is 23.2 Å². The summed E-state index contributed by atoms with van der Waals surface area (Å²) in [6.45, 7) is 9.59. The van der Waals surface area contributed by atoms with E-state index in [1.165, 1.54) is 0 Å². The number of hydrogen-bond donors (Lipinski definition) is 0. The third-order valence-corrected chi connectivity index (χ3v) is 2.65. The van der Waals surface area contributed by atoms with Crippen LogP contribution in [-0.2, 0) is 0 Å². The molecule has 1 heterocycles. The number of carbonyl (C=O) groups is 1. The van der Waals surface area contributed by atoms with Gasteiger partial charge in [0.2, 0.25) is 0 Å². The Kier molecular flexibility index (Phi) is 4.59. The Morgan fingerprint density at radius 3 is 2.19 bits per heavy atom. The van der Waals surface area contributed by atoms with E-state index in [0.717, 1.165) is 37.3 Å². The largest absolute Gasteiger partial charge is 0.456 e. The fraction of sp³-hybridized carbons (Fsp3) is 0.615. The second kappa shape index (κ2) is 5.73. The minimum atomic E-state index is 0.0138. The third-order valence-electron chi connectivity index (χ3n) is 2.65. The molecule has 0 fully saturated rings. The van der Waals surface area contributed by atoms with Crippen molar-refractivity contribution in [1.29, 1.82) is 0 Å². The lowest BCUT2D eigenvalue weighted by atomic mass is 10.2. The molecule has 0 spiro atoms. The van der Waals surface area contributed by atoms with Gasteiger partial charge in [0, 0.05) is 13.1 Å². The first kappa shape index (κ1) is 12.8. The highest BCUT2D eigenvalue weighted by Crippen LogP contribution is 2.15. The van der Waals surface area contributed by atoms with Crippen LogP contribution in [0.25, 0.3) is 0 Å². The normalized spacial score (nSPS) is 10.5. The SMILES string of the molecule is CCCN(CCC)C(=O)c1cc(C)c(C)o1. The first-order chi connectivity index (χ1) is 7.60. The van der Waals surface area contributed by atoms with E-state index in [0.29, 0.717) is 5.76 Å². The molecule has 0 aliphatic carbocycles. The Labute approximate surface area is 97.4 Å². The number of aryl methyl sites for hydroxylation is 2. The van der Waals surface area contributed by atoms with E-state index in [2.05, 4.69) is 13.8 Å². The zero-order chi connectivity index (χ0) is 12.1. The van der Waals surface area contributed by atoms with Crippen molar-refractivity contribution in [3.8, 4) is 0 Å². The average Bonchev–Trinajstić information content (AvgIpc) is 2.58. The topological polar surface area (TPSA) is 33.5 Å². The summed E-state index contributed by atoms with van der Waals surface area (Å²) in [6.07, 6.45) is 1.95. The first-order valence-corrected chi connectivity index (χ1v) is 5.96. The molecule has 0 aromatic carbocycles. The highest BCUT2D eigenvalue weighted by atomic mass is 16.4. The number of amides is 1. The van der Waals surface area contributed by atoms with Gasteiger partial charge >= 0.3 is 0 Å². The molecule has 0 unspecified atom stereocenters. The van der Waals surface area contributed by atoms with Gasteiger partial charge in [0.05, 0.1) is 0 Å². The summed E-state index contributed by atoms with van der Waals surface area (Å²) >= 11 is 0. The van der Waals surface area contributed by atoms with Crippen LogP contribution < -0.4 is 0 Å². The number of hydrogen-bond acceptors (Lipinski definition) is 2. The van der Waals surface area contributed by atoms with Crippen molar-refractivity contribution in [1.82, 2.24) is 4.90 Å². The highest BCUT2D eigenvalue weighted by molar-refractivity contribution is 5.91. The van der Waals surface area contributed by atoms with E-state index in [-0.39, 0.29) is 5.91 Å². The van der Waals surface area contributed by atoms with E-state index < -0.39 is 0 Å². The molecule has 0 saturated carbocycles. The molecule has 16 heavy (non-hydrogen) atoms. The highest BCUT2D eigenvalue weighted by Gasteiger charge is 2.18. The zero-order valence-corrected chi connectivity index (χ0v) is 10.7. The van der Waals surface area contributed by atoms with Crippen LogP contribution in [0.5, 0.6) is 0 Å². The summed E-state index contributed by atoms with van der Waals surface area (Å²) in [5.74, 6) is 1.31. The van der Waals surface area contributed by atoms with Crippen LogP contribution in [0, 0.1) is 13.8 Å². The summed E-state index contributed by atoms with van der Waals surface area (Å²) in [6, 6.07) is 1.83. The quantitative estimate of drug-likeness (QED) is 0.768. The van der Waals surface area contributed by atoms with E-state index in [4.69, 9.17) is 4.42 Å². The molecule has 0 aliphatic heterocycles. The van der Waals surface area contributed by atoms with Gasteiger partial charge in [0.25, 0.3) is 5.91 Å². The van der Waals surface area contributed by atoms with E-state index in [1.54, 1.807) is 0 Å². The second-order valence-corrected chi connectivity index (χ2v) is 4.14. The molecular formula is C13H21NO2. The van der Waals surface area contributed by atoms with Gasteiger partial charge in [-0.2, -0.15) is 0 Å². The average molecular weight is 223 g/mol. The molecule has 1 aromatic rings. The Hall–Kier alpha value is -1.25. The number of rotatable bonds is 5. The minimum Gasteiger partial charge on any atom is -0.456 e. The van der Waals surface area contributed by atoms with Crippen LogP contribution in [0.2, 0.25) is 0 Å². The van der Waals surface area contributed by atoms with Gasteiger partial charge in [-0.15, -0.1) is 0 Å². The van der Waals surface area contributed by atoms with Crippen LogP contribution in [0.15, 0.2) is 10.5 Å². The van der Waals surface area contributed by atoms with Crippen LogP contribution in [0.1, 0.15) is 48.6 Å². The van der Waals surface area contributed by atoms with Crippen molar-refractivity contribution in [2.75, 3.05) is 13.1 Å². The predicted octanol–water partition coefficient (Wildman–Crippen LogP) is 3.16. The molecule has 0 bridgehead atoms. The Bertz CT molecular complexity index is 329. The Balaban J connectivity index is 2.81. The second-order valence-electron chi connectivity index (χ2n) is 4.14. The van der Waals surface area contributed by atoms with Crippen molar-refractivity contribution in [2.45, 2.75) is 40.5 Å². The zero-order valence-electron chi connectivity index (χ0n) is 10.7. The molecule has 0 aliphatic rings. The lowest BCUT2D eigenvalue weighted by molar-refractivity contribution is 0.0722. The van der Waals surface area contributed by atoms with Crippen LogP contribution in [-0.4, -0.2) is 23.9 Å². The molecule has 0 saturated heterocycles. The monoisotopic (exact) mass is 223 g/mol. The van der Waals surface area contributed by atoms with Gasteiger partial charge in [-0.3, -0.25) is 4.79 Å². The van der Waals surface area contributed by atoms with E-state index >= 15 is 0 Å². The maximum atomic E-state index is 12.1. The fourth-order valence-corrected chi connectivity index (χ4v) is 1.69. The molecule has 3 nitrogen and oxygen atoms in total. The van der Waals surface area contributed by atoms with Crippen molar-refractivity contribution in [2.24, 2.45) is 0 Å². The minimum absolute atomic E-state index is 0.0138. The summed E-state index contributed by atoms with van der Waals surface area (Å²) in [5.41, 5.74) is 1.04. The summed E-state index contributed by atoms with van der Waals surface area (Å²) in [7, 11) is 0. The van der Waals surface area contributed by atoms with Crippen LogP contribution in [0.3, 0.4) is 0 Å². The summed E-state index contributed by atoms with van der Waals surface area (Å²) in [5, 5.41) is 0. The van der Waals surface area contributed by atoms with Crippen LogP contribution in [0.4, 0.5) is 0 Å². The predicted molar refractivity (Wildman–Crippen MR) is 64.7 cm³/mol. The van der Waals surface area contributed by atoms with Crippen molar-refractivity contribution >= 4 is 5.91 Å². The van der Waals surface area contributed by atoms with Crippen molar-refractivity contribution in [3.63, 3.8) is 0 Å². The standard InChI is InChI=1S/C13H21NO2/c1-5-7-14(8-6-2)13(15)12-9-10(3)11(4)16-12/h9H,5-8H2,1-4H3. The Morgan fingerprint density at radius 2 is 1.81 bits per heavy atom. The maximum absolute atomic E-state index is 12.1. The molecular weight excluding hydrogens is 202 g/mol. The lowest BCUT2D eigenvalue weighted by Crippen LogP contribution is -2.32. The first-order valence-electron chi connectivity index (χ1n) is 5.96. The molecule has 0 radical (unpaired) electrons. The molecule has 1 rings (SSSR count). The molecule has 90 valence electrons. The van der Waals surface area contributed by atoms with Gasteiger partial charge in [0.15, 0.2) is 5.76 Å². The van der Waals surface area contributed by atoms with Gasteiger partial charge in [-0.1, -0.05) is 13.8 Å². The molecule has 0 atom stereocenters. The maximum Gasteiger partial charge on any atom is 0.289 e. The van der Waals surface area contributed by atoms with Gasteiger partial charge in [-0.25, -0.2) is 0 Å². The number of furan rings is 1. The smallest absolute Gasteiger partial charge is 0.289 e. The molecule has 1 aromatic heterocycles. The molecule has 3 heteroatoms. The molecule has 0 N–H and O–H groups in total. The Morgan fingerprint density at radius 1 is 1.25 bits per heavy atom. The number of nitrogens with zero attached hydrogens (tertiary/aromatic N) is 1. The fourth-order valence-electron chi connectivity index (χ4n) is 1.69. The summed E-state index contributed by atoms with van der Waals surface area (Å²) in [4.78, 5) is 14.0. The van der Waals surface area contributed by atoms with Crippen molar-refractivity contribution < 1.29 is 9.21 Å². The van der Waals surface area contributed by atoms with Gasteiger partial charge in [-0.05, 0) is 38.3 Å². The van der Waals surface area contributed by atoms with E-state index in [9.17, 15) is 4.79 Å². The third kappa shape index (κ3) is 2.87. The van der Waals surface area contributed by atoms with Gasteiger partial charge in [0.1, 0.15) is 5.76 Å². The van der Waals surface area contributed by atoms with E-state index in [1.807, 2.05) is 24.8 Å². The summed E-state index contributed by atoms with van der Waals surface area (Å²) < 4.78 is 5.46. The number of carbonyl (C=O) groups excluding carboxylic acids is 1. The molecule has 1 amide bonds.